The minimum Gasteiger partial charge on any atom is -0.854 e. The summed E-state index contributed by atoms with van der Waals surface area (Å²) in [5, 5.41) is 29.6. The molecule has 7 N–H and O–H groups in total. The van der Waals surface area contributed by atoms with Gasteiger partial charge in [0, 0.05) is 43.5 Å². The van der Waals surface area contributed by atoms with Gasteiger partial charge in [-0.2, -0.15) is 0 Å². The van der Waals surface area contributed by atoms with E-state index in [1.165, 1.54) is 5.70 Å². The van der Waals surface area contributed by atoms with Crippen LogP contribution in [-0.2, 0) is 0 Å². The molecule has 0 aromatic rings. The van der Waals surface area contributed by atoms with Crippen molar-refractivity contribution in [3.8, 4) is 0 Å². The Hall–Kier alpha value is 0.896. The molecule has 2 aliphatic heterocycles. The Labute approximate surface area is 232 Å². The van der Waals surface area contributed by atoms with Gasteiger partial charge in [0.2, 0.25) is 0 Å². The average molecular weight is 464 g/mol. The summed E-state index contributed by atoms with van der Waals surface area (Å²) in [4.78, 5) is 2.46. The molecule has 176 valence electrons. The van der Waals surface area contributed by atoms with E-state index < -0.39 is 0 Å². The third kappa shape index (κ3) is 9.58. The Bertz CT molecular complexity index is 522. The van der Waals surface area contributed by atoms with Crippen LogP contribution in [0.15, 0.2) is 11.8 Å². The Morgan fingerprint density at radius 1 is 1.29 bits per heavy atom. The summed E-state index contributed by atoms with van der Waals surface area (Å²) in [5.41, 5.74) is 7.84. The smallest absolute Gasteiger partial charge is 0.854 e. The fraction of sp³-hybridized carbons (Fsp3) is 0.909. The topological polar surface area (TPSA) is 112 Å². The summed E-state index contributed by atoms with van der Waals surface area (Å²) in [6.45, 7) is 14.2. The van der Waals surface area contributed by atoms with Crippen LogP contribution in [0, 0.1) is 5.92 Å². The summed E-state index contributed by atoms with van der Waals surface area (Å²) in [5.74, 6) is 0.479. The van der Waals surface area contributed by atoms with Crippen molar-refractivity contribution in [1.82, 2.24) is 31.5 Å². The van der Waals surface area contributed by atoms with E-state index in [4.69, 9.17) is 5.73 Å². The van der Waals surface area contributed by atoms with Crippen molar-refractivity contribution < 1.29 is 56.5 Å². The van der Waals surface area contributed by atoms with Crippen LogP contribution in [0.3, 0.4) is 0 Å². The second kappa shape index (κ2) is 15.7. The van der Waals surface area contributed by atoms with Gasteiger partial charge < -0.3 is 26.8 Å². The standard InChI is InChI=1S/C22H46N7O.K/c1-6-8-17(13-15(3)4)26-21-20(25-10-12-30)19(18(23)7-2)27-22(28-21)29-11-9-24-16(5)14-29;/h13,15-16,18-22,24-28H,6-12,14,23H2,1-5H3;/q-1;+1/b17-13+;. The zero-order valence-corrected chi connectivity index (χ0v) is 23.8. The second-order valence-electron chi connectivity index (χ2n) is 9.18. The number of piperazine rings is 1. The van der Waals surface area contributed by atoms with Gasteiger partial charge in [-0.25, -0.2) is 0 Å². The summed E-state index contributed by atoms with van der Waals surface area (Å²) in [7, 11) is 0. The molecule has 2 aliphatic rings. The van der Waals surface area contributed by atoms with Gasteiger partial charge in [0.15, 0.2) is 0 Å². The van der Waals surface area contributed by atoms with Crippen LogP contribution in [0.2, 0.25) is 0 Å². The first-order chi connectivity index (χ1) is 14.4. The Morgan fingerprint density at radius 2 is 2.03 bits per heavy atom. The molecule has 2 saturated heterocycles. The zero-order valence-electron chi connectivity index (χ0n) is 20.7. The van der Waals surface area contributed by atoms with Crippen molar-refractivity contribution in [2.45, 2.75) is 90.5 Å². The maximum atomic E-state index is 11.3. The van der Waals surface area contributed by atoms with Crippen LogP contribution in [0.4, 0.5) is 0 Å². The zero-order chi connectivity index (χ0) is 22.1. The van der Waals surface area contributed by atoms with E-state index in [1.54, 1.807) is 0 Å². The molecule has 31 heavy (non-hydrogen) atoms. The molecule has 0 aliphatic carbocycles. The van der Waals surface area contributed by atoms with E-state index in [0.717, 1.165) is 38.9 Å². The van der Waals surface area contributed by atoms with Gasteiger partial charge in [0.25, 0.3) is 0 Å². The molecular formula is C22H46KN7O. The Kier molecular flexibility index (Phi) is 15.2. The van der Waals surface area contributed by atoms with Crippen molar-refractivity contribution in [3.63, 3.8) is 0 Å². The van der Waals surface area contributed by atoms with Crippen LogP contribution >= 0.6 is 0 Å². The van der Waals surface area contributed by atoms with Crippen molar-refractivity contribution in [2.24, 2.45) is 11.7 Å². The molecule has 9 heteroatoms. The first-order valence-corrected chi connectivity index (χ1v) is 11.9. The molecule has 0 spiro atoms. The number of nitrogens with two attached hydrogens (primary N) is 1. The minimum absolute atomic E-state index is 0. The third-order valence-electron chi connectivity index (χ3n) is 6.01. The fourth-order valence-electron chi connectivity index (χ4n) is 4.54. The molecular weight excluding hydrogens is 417 g/mol. The summed E-state index contributed by atoms with van der Waals surface area (Å²) < 4.78 is 0. The van der Waals surface area contributed by atoms with Crippen LogP contribution in [0.25, 0.3) is 0 Å². The number of nitrogens with one attached hydrogen (secondary N) is 5. The quantitative estimate of drug-likeness (QED) is 0.175. The SMILES string of the molecule is CCC/C(=C\C(C)C)NC1NC(N2CCNC(C)C2)NC(C(N)CC)C1NCC[O-].[K+]. The van der Waals surface area contributed by atoms with E-state index in [0.29, 0.717) is 18.5 Å². The van der Waals surface area contributed by atoms with E-state index in [-0.39, 0.29) is 88.6 Å². The molecule has 6 atom stereocenters. The molecule has 0 bridgehead atoms. The number of hydrogen-bond acceptors (Lipinski definition) is 8. The van der Waals surface area contributed by atoms with Crippen molar-refractivity contribution >= 4 is 0 Å². The third-order valence-corrected chi connectivity index (χ3v) is 6.01. The Morgan fingerprint density at radius 3 is 2.61 bits per heavy atom. The minimum atomic E-state index is -0.139. The molecule has 0 amide bonds. The number of rotatable bonds is 11. The molecule has 6 unspecified atom stereocenters. The van der Waals surface area contributed by atoms with Gasteiger partial charge in [-0.3, -0.25) is 15.5 Å². The van der Waals surface area contributed by atoms with E-state index in [2.05, 4.69) is 72.2 Å². The number of nitrogens with zero attached hydrogens (tertiary/aromatic N) is 1. The average Bonchev–Trinajstić information content (AvgIpc) is 2.71. The van der Waals surface area contributed by atoms with Crippen molar-refractivity contribution in [1.29, 1.82) is 0 Å². The predicted molar refractivity (Wildman–Crippen MR) is 123 cm³/mol. The van der Waals surface area contributed by atoms with Crippen LogP contribution in [0.5, 0.6) is 0 Å². The van der Waals surface area contributed by atoms with Crippen LogP contribution in [-0.4, -0.2) is 74.3 Å². The first kappa shape index (κ1) is 29.9. The van der Waals surface area contributed by atoms with E-state index in [1.807, 2.05) is 0 Å². The second-order valence-corrected chi connectivity index (χ2v) is 9.18. The summed E-state index contributed by atoms with van der Waals surface area (Å²) >= 11 is 0. The van der Waals surface area contributed by atoms with Gasteiger partial charge in [0.1, 0.15) is 6.29 Å². The molecule has 2 fully saturated rings. The number of allylic oxidation sites excluding steroid dienone is 2. The maximum absolute atomic E-state index is 11.3. The van der Waals surface area contributed by atoms with Crippen molar-refractivity contribution in [3.05, 3.63) is 11.8 Å². The number of hydrogen-bond donors (Lipinski definition) is 6. The van der Waals surface area contributed by atoms with Gasteiger partial charge in [-0.1, -0.05) is 40.2 Å². The van der Waals surface area contributed by atoms with Gasteiger partial charge in [0.05, 0.1) is 12.2 Å². The van der Waals surface area contributed by atoms with E-state index >= 15 is 0 Å². The van der Waals surface area contributed by atoms with Crippen molar-refractivity contribution in [2.75, 3.05) is 32.8 Å². The molecule has 2 heterocycles. The maximum Gasteiger partial charge on any atom is 1.00 e. The first-order valence-electron chi connectivity index (χ1n) is 11.9. The fourth-order valence-corrected chi connectivity index (χ4v) is 4.54. The van der Waals surface area contributed by atoms with Gasteiger partial charge in [-0.15, -0.1) is 6.61 Å². The molecule has 8 nitrogen and oxygen atoms in total. The monoisotopic (exact) mass is 463 g/mol. The summed E-state index contributed by atoms with van der Waals surface area (Å²) in [6, 6.07) is 0.558. The van der Waals surface area contributed by atoms with Crippen LogP contribution in [0.1, 0.15) is 53.9 Å². The molecule has 0 aromatic carbocycles. The molecule has 0 saturated carbocycles. The predicted octanol–water partition coefficient (Wildman–Crippen LogP) is -3.56. The molecule has 0 radical (unpaired) electrons. The van der Waals surface area contributed by atoms with Crippen LogP contribution < -0.4 is 88.8 Å². The molecule has 0 aromatic heterocycles. The largest absolute Gasteiger partial charge is 1.00 e. The van der Waals surface area contributed by atoms with Gasteiger partial charge >= 0.3 is 51.4 Å². The van der Waals surface area contributed by atoms with E-state index in [9.17, 15) is 5.11 Å². The Balaban J connectivity index is 0.00000480. The van der Waals surface area contributed by atoms with Gasteiger partial charge in [-0.05, 0) is 32.2 Å². The normalized spacial score (nSPS) is 31.4. The molecule has 2 rings (SSSR count). The summed E-state index contributed by atoms with van der Waals surface area (Å²) in [6.07, 6.45) is 5.33.